The highest BCUT2D eigenvalue weighted by atomic mass is 32.1. The zero-order valence-corrected chi connectivity index (χ0v) is 15.5. The summed E-state index contributed by atoms with van der Waals surface area (Å²) in [6, 6.07) is 0. The van der Waals surface area contributed by atoms with E-state index in [1.807, 2.05) is 4.90 Å². The molecular formula is C17H23N3O4S. The molecule has 0 aromatic carbocycles. The number of thiophene rings is 1. The summed E-state index contributed by atoms with van der Waals surface area (Å²) in [4.78, 5) is 34.6. The van der Waals surface area contributed by atoms with Crippen LogP contribution in [0.2, 0.25) is 0 Å². The number of aromatic nitrogens is 2. The van der Waals surface area contributed by atoms with Gasteiger partial charge in [0.25, 0.3) is 5.56 Å². The number of nitrogens with one attached hydrogen (secondary N) is 1. The summed E-state index contributed by atoms with van der Waals surface area (Å²) in [7, 11) is 0. The first-order valence-electron chi connectivity index (χ1n) is 8.08. The van der Waals surface area contributed by atoms with Crippen LogP contribution >= 0.6 is 11.3 Å². The summed E-state index contributed by atoms with van der Waals surface area (Å²) in [6.07, 6.45) is 1.22. The van der Waals surface area contributed by atoms with Crippen molar-refractivity contribution in [1.29, 1.82) is 0 Å². The summed E-state index contributed by atoms with van der Waals surface area (Å²) in [5.41, 5.74) is 0.311. The zero-order valence-electron chi connectivity index (χ0n) is 14.7. The molecule has 0 spiro atoms. The van der Waals surface area contributed by atoms with Crippen molar-refractivity contribution in [2.24, 2.45) is 0 Å². The second-order valence-corrected chi connectivity index (χ2v) is 6.80. The van der Waals surface area contributed by atoms with Crippen molar-refractivity contribution in [1.82, 2.24) is 14.9 Å². The van der Waals surface area contributed by atoms with Crippen molar-refractivity contribution >= 4 is 27.5 Å². The molecule has 0 bridgehead atoms. The minimum Gasteiger partial charge on any atom is -0.462 e. The Morgan fingerprint density at radius 2 is 2.28 bits per heavy atom. The van der Waals surface area contributed by atoms with Gasteiger partial charge >= 0.3 is 5.97 Å². The molecule has 0 aliphatic heterocycles. The quantitative estimate of drug-likeness (QED) is 0.547. The van der Waals surface area contributed by atoms with Gasteiger partial charge in [0.15, 0.2) is 0 Å². The van der Waals surface area contributed by atoms with E-state index in [0.29, 0.717) is 46.1 Å². The van der Waals surface area contributed by atoms with Crippen molar-refractivity contribution in [3.05, 3.63) is 39.3 Å². The number of carbonyl (C=O) groups excluding carboxylic acids is 1. The van der Waals surface area contributed by atoms with E-state index in [1.165, 1.54) is 0 Å². The molecule has 0 fully saturated rings. The number of esters is 1. The van der Waals surface area contributed by atoms with Gasteiger partial charge in [0.1, 0.15) is 15.5 Å². The van der Waals surface area contributed by atoms with Crippen molar-refractivity contribution < 1.29 is 14.6 Å². The molecule has 0 saturated heterocycles. The fourth-order valence-corrected chi connectivity index (χ4v) is 3.72. The van der Waals surface area contributed by atoms with Crippen LogP contribution in [0.3, 0.4) is 0 Å². The van der Waals surface area contributed by atoms with Gasteiger partial charge in [-0.1, -0.05) is 6.08 Å². The van der Waals surface area contributed by atoms with E-state index in [2.05, 4.69) is 16.5 Å². The number of aliphatic hydroxyl groups excluding tert-OH is 1. The van der Waals surface area contributed by atoms with Crippen LogP contribution < -0.4 is 5.56 Å². The molecule has 7 nitrogen and oxygen atoms in total. The van der Waals surface area contributed by atoms with Gasteiger partial charge < -0.3 is 14.8 Å². The molecular weight excluding hydrogens is 342 g/mol. The highest BCUT2D eigenvalue weighted by molar-refractivity contribution is 7.20. The van der Waals surface area contributed by atoms with Crippen LogP contribution in [0.4, 0.5) is 0 Å². The van der Waals surface area contributed by atoms with Crippen LogP contribution in [0.25, 0.3) is 10.2 Å². The number of hydrogen-bond donors (Lipinski definition) is 2. The van der Waals surface area contributed by atoms with Gasteiger partial charge in [-0.15, -0.1) is 17.9 Å². The summed E-state index contributed by atoms with van der Waals surface area (Å²) in [5, 5.41) is 10.0. The van der Waals surface area contributed by atoms with Crippen molar-refractivity contribution in [2.75, 3.05) is 19.7 Å². The van der Waals surface area contributed by atoms with Gasteiger partial charge in [-0.3, -0.25) is 9.69 Å². The van der Waals surface area contributed by atoms with Crippen LogP contribution in [-0.2, 0) is 11.3 Å². The molecule has 2 N–H and O–H groups in total. The third-order valence-corrected chi connectivity index (χ3v) is 4.76. The largest absolute Gasteiger partial charge is 0.462 e. The van der Waals surface area contributed by atoms with E-state index in [0.717, 1.165) is 11.3 Å². The maximum atomic E-state index is 12.4. The molecule has 25 heavy (non-hydrogen) atoms. The van der Waals surface area contributed by atoms with Gasteiger partial charge in [0.2, 0.25) is 0 Å². The molecule has 0 aliphatic rings. The Labute approximate surface area is 150 Å². The lowest BCUT2D eigenvalue weighted by Crippen LogP contribution is -2.32. The van der Waals surface area contributed by atoms with Crippen LogP contribution in [0, 0.1) is 6.92 Å². The number of fused-ring (bicyclic) bond motifs is 1. The summed E-state index contributed by atoms with van der Waals surface area (Å²) < 4.78 is 5.03. The Morgan fingerprint density at radius 1 is 1.56 bits per heavy atom. The summed E-state index contributed by atoms with van der Waals surface area (Å²) in [6.45, 7) is 10.5. The Hall–Kier alpha value is -2.03. The van der Waals surface area contributed by atoms with Crippen LogP contribution in [-0.4, -0.2) is 51.7 Å². The van der Waals surface area contributed by atoms with Gasteiger partial charge in [-0.2, -0.15) is 0 Å². The highest BCUT2D eigenvalue weighted by Gasteiger charge is 2.20. The summed E-state index contributed by atoms with van der Waals surface area (Å²) >= 11 is 1.16. The fraction of sp³-hybridized carbons (Fsp3) is 0.471. The predicted octanol–water partition coefficient (Wildman–Crippen LogP) is 1.84. The van der Waals surface area contributed by atoms with Gasteiger partial charge in [0.05, 0.1) is 24.6 Å². The lowest BCUT2D eigenvalue weighted by atomic mass is 10.2. The predicted molar refractivity (Wildman–Crippen MR) is 98.1 cm³/mol. The maximum absolute atomic E-state index is 12.4. The average molecular weight is 365 g/mol. The van der Waals surface area contributed by atoms with E-state index >= 15 is 0 Å². The molecule has 0 radical (unpaired) electrons. The Balaban J connectivity index is 2.39. The topological polar surface area (TPSA) is 95.5 Å². The number of rotatable bonds is 8. The molecule has 8 heteroatoms. The lowest BCUT2D eigenvalue weighted by molar-refractivity contribution is 0.0531. The second-order valence-electron chi connectivity index (χ2n) is 5.80. The number of H-pyrrole nitrogens is 1. The molecule has 0 aliphatic carbocycles. The van der Waals surface area contributed by atoms with Gasteiger partial charge in [-0.05, 0) is 26.3 Å². The minimum atomic E-state index is -0.505. The van der Waals surface area contributed by atoms with Gasteiger partial charge in [0, 0.05) is 13.1 Å². The molecule has 2 heterocycles. The van der Waals surface area contributed by atoms with Crippen LogP contribution in [0.1, 0.15) is 34.9 Å². The van der Waals surface area contributed by atoms with E-state index < -0.39 is 12.1 Å². The highest BCUT2D eigenvalue weighted by Crippen LogP contribution is 2.27. The minimum absolute atomic E-state index is 0.275. The Morgan fingerprint density at radius 3 is 2.88 bits per heavy atom. The third kappa shape index (κ3) is 4.53. The Kier molecular flexibility index (Phi) is 6.46. The zero-order chi connectivity index (χ0) is 18.6. The van der Waals surface area contributed by atoms with Crippen LogP contribution in [0.15, 0.2) is 17.4 Å². The molecule has 1 atom stereocenters. The molecule has 0 saturated carbocycles. The molecule has 2 rings (SSSR count). The standard InChI is InChI=1S/C17H23N3O4S/c1-5-7-20(8-10(3)21)9-12-18-15(22)13-11(4)14(17(23)24-6-2)25-16(13)19-12/h5,10,21H,1,6-9H2,2-4H3,(H,18,19,22). The van der Waals surface area contributed by atoms with E-state index in [1.54, 1.807) is 26.8 Å². The molecule has 2 aromatic heterocycles. The second kappa shape index (κ2) is 8.37. The third-order valence-electron chi connectivity index (χ3n) is 3.59. The van der Waals surface area contributed by atoms with Crippen molar-refractivity contribution in [3.63, 3.8) is 0 Å². The number of aryl methyl sites for hydroxylation is 1. The number of carbonyl (C=O) groups is 1. The van der Waals surface area contributed by atoms with Gasteiger partial charge in [-0.25, -0.2) is 9.78 Å². The maximum Gasteiger partial charge on any atom is 0.348 e. The Bertz CT molecular complexity index is 825. The molecule has 2 aromatic rings. The number of aromatic amines is 1. The van der Waals surface area contributed by atoms with Crippen molar-refractivity contribution in [2.45, 2.75) is 33.4 Å². The molecule has 1 unspecified atom stereocenters. The first-order valence-corrected chi connectivity index (χ1v) is 8.89. The summed E-state index contributed by atoms with van der Waals surface area (Å²) in [5.74, 6) is 0.0444. The number of nitrogens with zero attached hydrogens (tertiary/aromatic N) is 2. The van der Waals surface area contributed by atoms with E-state index in [9.17, 15) is 14.7 Å². The number of ether oxygens (including phenoxy) is 1. The molecule has 0 amide bonds. The monoisotopic (exact) mass is 365 g/mol. The number of hydrogen-bond acceptors (Lipinski definition) is 7. The first kappa shape index (κ1) is 19.3. The molecule has 136 valence electrons. The van der Waals surface area contributed by atoms with E-state index in [-0.39, 0.29) is 12.2 Å². The SMILES string of the molecule is C=CCN(Cc1nc2sc(C(=O)OCC)c(C)c2c(=O)[nH]1)CC(C)O. The van der Waals surface area contributed by atoms with E-state index in [4.69, 9.17) is 4.74 Å². The van der Waals surface area contributed by atoms with Crippen molar-refractivity contribution in [3.8, 4) is 0 Å². The number of aliphatic hydroxyl groups is 1. The average Bonchev–Trinajstić information content (AvgIpc) is 2.84. The first-order chi connectivity index (χ1) is 11.9. The fourth-order valence-electron chi connectivity index (χ4n) is 2.63. The van der Waals surface area contributed by atoms with Crippen LogP contribution in [0.5, 0.6) is 0 Å². The lowest BCUT2D eigenvalue weighted by Gasteiger charge is -2.21. The normalized spacial score (nSPS) is 12.5. The smallest absolute Gasteiger partial charge is 0.348 e.